The molecule has 4 aromatic rings. The van der Waals surface area contributed by atoms with Crippen molar-refractivity contribution in [3.8, 4) is 11.1 Å². The van der Waals surface area contributed by atoms with Crippen molar-refractivity contribution in [2.24, 2.45) is 4.99 Å². The molecule has 2 aliphatic heterocycles. The van der Waals surface area contributed by atoms with Gasteiger partial charge in [-0.3, -0.25) is 9.89 Å². The maximum Gasteiger partial charge on any atom is 0.410 e. The Morgan fingerprint density at radius 3 is 2.34 bits per heavy atom. The highest BCUT2D eigenvalue weighted by molar-refractivity contribution is 6.34. The third-order valence-electron chi connectivity index (χ3n) is 9.00. The summed E-state index contributed by atoms with van der Waals surface area (Å²) in [6.07, 6.45) is 4.83. The predicted octanol–water partition coefficient (Wildman–Crippen LogP) is 9.10. The Morgan fingerprint density at radius 2 is 1.62 bits per heavy atom. The van der Waals surface area contributed by atoms with Crippen molar-refractivity contribution in [1.29, 1.82) is 0 Å². The Hall–Kier alpha value is -4.57. The standard InChI is InChI=1S/C39H47ClN6O4/c1-38(2,3)49-36(47)45-16-8-10-28(45)22-42-23-33(41-7)27-15-13-24-18-26(14-12-25(24)19-27)29-20-31-32(21-30(29)40)44-35(43-31)34-11-9-17-46(34)37(48)50-39(4,5)6/h12-15,18-21,23,28,34,42H,7-11,16-17,22H2,1-6H3,(H,43,44)/b33-23-/t28-,34-/m0/s1. The van der Waals surface area contributed by atoms with E-state index >= 15 is 0 Å². The van der Waals surface area contributed by atoms with Crippen molar-refractivity contribution < 1.29 is 19.1 Å². The van der Waals surface area contributed by atoms with E-state index < -0.39 is 11.2 Å². The number of H-pyrrole nitrogens is 1. The minimum Gasteiger partial charge on any atom is -0.444 e. The minimum atomic E-state index is -0.565. The molecule has 0 bridgehead atoms. The van der Waals surface area contributed by atoms with Crippen LogP contribution in [0.2, 0.25) is 5.02 Å². The molecular formula is C39H47ClN6O4. The van der Waals surface area contributed by atoms with E-state index in [1.54, 1.807) is 4.90 Å². The van der Waals surface area contributed by atoms with Gasteiger partial charge in [0, 0.05) is 37.0 Å². The van der Waals surface area contributed by atoms with Crippen molar-refractivity contribution in [1.82, 2.24) is 25.1 Å². The largest absolute Gasteiger partial charge is 0.444 e. The maximum absolute atomic E-state index is 12.9. The summed E-state index contributed by atoms with van der Waals surface area (Å²) in [5.74, 6) is 0.736. The lowest BCUT2D eigenvalue weighted by atomic mass is 9.99. The van der Waals surface area contributed by atoms with Crippen molar-refractivity contribution in [2.45, 2.75) is 90.5 Å². The number of imidazole rings is 1. The van der Waals surface area contributed by atoms with Gasteiger partial charge in [-0.25, -0.2) is 14.6 Å². The second kappa shape index (κ2) is 14.0. The number of carbonyl (C=O) groups is 2. The molecule has 0 radical (unpaired) electrons. The summed E-state index contributed by atoms with van der Waals surface area (Å²) in [5.41, 5.74) is 4.02. The van der Waals surface area contributed by atoms with Crippen LogP contribution in [0.25, 0.3) is 38.6 Å². The number of aromatic nitrogens is 2. The Morgan fingerprint density at radius 1 is 0.960 bits per heavy atom. The van der Waals surface area contributed by atoms with Gasteiger partial charge in [0.05, 0.1) is 33.8 Å². The number of rotatable bonds is 7. The van der Waals surface area contributed by atoms with E-state index in [1.807, 2.05) is 70.8 Å². The minimum absolute atomic E-state index is 0.0518. The summed E-state index contributed by atoms with van der Waals surface area (Å²) in [6, 6.07) is 16.2. The van der Waals surface area contributed by atoms with Crippen LogP contribution in [0.15, 0.2) is 59.7 Å². The molecule has 0 aliphatic carbocycles. The lowest BCUT2D eigenvalue weighted by molar-refractivity contribution is 0.0212. The summed E-state index contributed by atoms with van der Waals surface area (Å²) >= 11 is 6.85. The normalized spacial score (nSPS) is 18.6. The SMILES string of the molecule is C=N/C(=C\NC[C@@H]1CCCN1C(=O)OC(C)(C)C)c1ccc2cc(-c3cc4nc([C@@H]5CCCN5C(=O)OC(C)(C)C)[nH]c4cc3Cl)ccc2c1. The first-order chi connectivity index (χ1) is 23.7. The maximum atomic E-state index is 12.9. The molecule has 2 aliphatic rings. The van der Waals surface area contributed by atoms with Crippen LogP contribution in [0, 0.1) is 0 Å². The fourth-order valence-corrected chi connectivity index (χ4v) is 6.99. The zero-order valence-corrected chi connectivity index (χ0v) is 30.6. The molecule has 0 spiro atoms. The quantitative estimate of drug-likeness (QED) is 0.186. The molecule has 2 atom stereocenters. The van der Waals surface area contributed by atoms with E-state index in [-0.39, 0.29) is 24.3 Å². The molecule has 50 heavy (non-hydrogen) atoms. The number of likely N-dealkylation sites (tertiary alicyclic amines) is 2. The summed E-state index contributed by atoms with van der Waals surface area (Å²) in [6.45, 7) is 17.0. The molecule has 2 N–H and O–H groups in total. The first kappa shape index (κ1) is 35.3. The Balaban J connectivity index is 1.17. The average Bonchev–Trinajstić information content (AvgIpc) is 3.80. The van der Waals surface area contributed by atoms with E-state index in [4.69, 9.17) is 26.1 Å². The number of benzene rings is 3. The fraction of sp³-hybridized carbons (Fsp3) is 0.436. The number of aromatic amines is 1. The van der Waals surface area contributed by atoms with Gasteiger partial charge in [-0.2, -0.15) is 0 Å². The number of ether oxygens (including phenoxy) is 2. The second-order valence-electron chi connectivity index (χ2n) is 15.1. The zero-order chi connectivity index (χ0) is 35.8. The van der Waals surface area contributed by atoms with Gasteiger partial charge < -0.3 is 24.7 Å². The van der Waals surface area contributed by atoms with Gasteiger partial charge in [0.1, 0.15) is 17.0 Å². The van der Waals surface area contributed by atoms with Gasteiger partial charge in [-0.1, -0.05) is 35.9 Å². The monoisotopic (exact) mass is 698 g/mol. The topological polar surface area (TPSA) is 112 Å². The highest BCUT2D eigenvalue weighted by Gasteiger charge is 2.35. The third-order valence-corrected chi connectivity index (χ3v) is 9.31. The fourth-order valence-electron chi connectivity index (χ4n) is 6.71. The van der Waals surface area contributed by atoms with Crippen LogP contribution in [-0.2, 0) is 9.47 Å². The van der Waals surface area contributed by atoms with Crippen LogP contribution in [-0.4, -0.2) is 75.5 Å². The molecule has 11 heteroatoms. The molecule has 3 aromatic carbocycles. The summed E-state index contributed by atoms with van der Waals surface area (Å²) in [7, 11) is 0. The number of hydrogen-bond donors (Lipinski definition) is 2. The number of hydrogen-bond acceptors (Lipinski definition) is 7. The van der Waals surface area contributed by atoms with Crippen LogP contribution >= 0.6 is 11.6 Å². The van der Waals surface area contributed by atoms with Crippen LogP contribution < -0.4 is 5.32 Å². The van der Waals surface area contributed by atoms with Crippen LogP contribution in [0.4, 0.5) is 9.59 Å². The van der Waals surface area contributed by atoms with Gasteiger partial charge in [0.2, 0.25) is 0 Å². The lowest BCUT2D eigenvalue weighted by Gasteiger charge is -2.28. The molecule has 2 saturated heterocycles. The highest BCUT2D eigenvalue weighted by Crippen LogP contribution is 2.37. The van der Waals surface area contributed by atoms with E-state index in [1.165, 1.54) is 0 Å². The van der Waals surface area contributed by atoms with Gasteiger partial charge in [0.15, 0.2) is 0 Å². The molecule has 2 amide bonds. The lowest BCUT2D eigenvalue weighted by Crippen LogP contribution is -2.43. The highest BCUT2D eigenvalue weighted by atomic mass is 35.5. The molecule has 0 unspecified atom stereocenters. The molecule has 10 nitrogen and oxygen atoms in total. The van der Waals surface area contributed by atoms with Gasteiger partial charge >= 0.3 is 12.2 Å². The third kappa shape index (κ3) is 7.91. The number of fused-ring (bicyclic) bond motifs is 2. The molecule has 3 heterocycles. The van der Waals surface area contributed by atoms with Crippen LogP contribution in [0.5, 0.6) is 0 Å². The number of halogens is 1. The molecule has 1 aromatic heterocycles. The Kier molecular flexibility index (Phi) is 9.86. The van der Waals surface area contributed by atoms with Crippen LogP contribution in [0.3, 0.4) is 0 Å². The van der Waals surface area contributed by atoms with Crippen molar-refractivity contribution in [3.05, 3.63) is 71.1 Å². The first-order valence-electron chi connectivity index (χ1n) is 17.3. The summed E-state index contributed by atoms with van der Waals surface area (Å²) < 4.78 is 11.3. The Bertz CT molecular complexity index is 1960. The second-order valence-corrected chi connectivity index (χ2v) is 15.6. The molecule has 2 fully saturated rings. The van der Waals surface area contributed by atoms with Crippen molar-refractivity contribution >= 4 is 58.0 Å². The molecular weight excluding hydrogens is 652 g/mol. The summed E-state index contributed by atoms with van der Waals surface area (Å²) in [4.78, 5) is 41.8. The van der Waals surface area contributed by atoms with E-state index in [0.29, 0.717) is 30.4 Å². The number of carbonyl (C=O) groups excluding carboxylic acids is 2. The average molecular weight is 699 g/mol. The predicted molar refractivity (Wildman–Crippen MR) is 200 cm³/mol. The summed E-state index contributed by atoms with van der Waals surface area (Å²) in [5, 5.41) is 6.08. The van der Waals surface area contributed by atoms with Crippen molar-refractivity contribution in [2.75, 3.05) is 19.6 Å². The van der Waals surface area contributed by atoms with E-state index in [2.05, 4.69) is 52.3 Å². The van der Waals surface area contributed by atoms with E-state index in [0.717, 1.165) is 70.0 Å². The van der Waals surface area contributed by atoms with Gasteiger partial charge in [0.25, 0.3) is 0 Å². The smallest absolute Gasteiger partial charge is 0.410 e. The Labute approximate surface area is 298 Å². The number of aliphatic imine (C=N–C) groups is 1. The van der Waals surface area contributed by atoms with Crippen LogP contribution in [0.1, 0.15) is 84.7 Å². The zero-order valence-electron chi connectivity index (χ0n) is 29.8. The molecule has 0 saturated carbocycles. The number of nitrogens with zero attached hydrogens (tertiary/aromatic N) is 4. The number of nitrogens with one attached hydrogen (secondary N) is 2. The van der Waals surface area contributed by atoms with Gasteiger partial charge in [-0.05, 0) is 115 Å². The van der Waals surface area contributed by atoms with Gasteiger partial charge in [-0.15, -0.1) is 0 Å². The first-order valence-corrected chi connectivity index (χ1v) is 17.7. The van der Waals surface area contributed by atoms with Crippen molar-refractivity contribution in [3.63, 3.8) is 0 Å². The van der Waals surface area contributed by atoms with E-state index in [9.17, 15) is 9.59 Å². The number of amides is 2. The molecule has 6 rings (SSSR count). The molecule has 264 valence electrons.